The van der Waals surface area contributed by atoms with Crippen LogP contribution in [0.2, 0.25) is 0 Å². The largest absolute Gasteiger partial charge is 0.460 e. The summed E-state index contributed by atoms with van der Waals surface area (Å²) >= 11 is 0. The van der Waals surface area contributed by atoms with Crippen LogP contribution in [0.5, 0.6) is 0 Å². The van der Waals surface area contributed by atoms with E-state index in [1.807, 2.05) is 31.3 Å². The van der Waals surface area contributed by atoms with E-state index in [-0.39, 0.29) is 0 Å². The van der Waals surface area contributed by atoms with E-state index < -0.39 is 0 Å². The second-order valence-corrected chi connectivity index (χ2v) is 6.59. The minimum absolute atomic E-state index is 0.347. The van der Waals surface area contributed by atoms with Gasteiger partial charge in [-0.1, -0.05) is 0 Å². The Bertz CT molecular complexity index is 855. The molecule has 1 saturated heterocycles. The number of furan rings is 1. The third kappa shape index (κ3) is 3.41. The van der Waals surface area contributed by atoms with Gasteiger partial charge in [-0.2, -0.15) is 5.10 Å². The van der Waals surface area contributed by atoms with Crippen LogP contribution in [0.3, 0.4) is 0 Å². The first-order valence-electron chi connectivity index (χ1n) is 8.59. The second kappa shape index (κ2) is 6.68. The molecular weight excluding hydrogens is 316 g/mol. The molecule has 0 bridgehead atoms. The van der Waals surface area contributed by atoms with Crippen LogP contribution in [0.25, 0.3) is 11.5 Å². The number of hydrogen-bond donors (Lipinski definition) is 2. The Morgan fingerprint density at radius 1 is 1.36 bits per heavy atom. The summed E-state index contributed by atoms with van der Waals surface area (Å²) < 4.78 is 5.74. The molecule has 3 aromatic heterocycles. The molecule has 4 rings (SSSR count). The maximum atomic E-state index is 5.74. The molecule has 1 atom stereocenters. The van der Waals surface area contributed by atoms with Crippen LogP contribution in [0, 0.1) is 6.92 Å². The number of nitrogens with two attached hydrogens (primary N) is 1. The standard InChI is InChI=1S/C18H22N6O/c1-12-4-5-16(25-12)17-14(9-21-23-17)11-24-8-2-3-13(10-24)15-6-7-20-18(19)22-15/h4-7,9,13H,2-3,8,10-11H2,1H3,(H,21,23)(H2,19,20,22). The molecule has 7 nitrogen and oxygen atoms in total. The molecule has 0 aromatic carbocycles. The lowest BCUT2D eigenvalue weighted by molar-refractivity contribution is 0.198. The number of nitrogen functional groups attached to an aromatic ring is 1. The monoisotopic (exact) mass is 338 g/mol. The molecule has 4 heterocycles. The molecule has 0 saturated carbocycles. The van der Waals surface area contributed by atoms with Crippen LogP contribution >= 0.6 is 0 Å². The van der Waals surface area contributed by atoms with Crippen molar-refractivity contribution in [2.75, 3.05) is 18.8 Å². The lowest BCUT2D eigenvalue weighted by Crippen LogP contribution is -2.34. The topological polar surface area (TPSA) is 96.9 Å². The zero-order valence-electron chi connectivity index (χ0n) is 14.3. The summed E-state index contributed by atoms with van der Waals surface area (Å²) in [5.74, 6) is 2.47. The fraction of sp³-hybridized carbons (Fsp3) is 0.389. The van der Waals surface area contributed by atoms with Crippen LogP contribution < -0.4 is 5.73 Å². The maximum absolute atomic E-state index is 5.74. The van der Waals surface area contributed by atoms with Gasteiger partial charge in [-0.3, -0.25) is 10.00 Å². The molecule has 3 aromatic rings. The summed E-state index contributed by atoms with van der Waals surface area (Å²) in [7, 11) is 0. The Balaban J connectivity index is 1.49. The van der Waals surface area contributed by atoms with E-state index in [1.165, 1.54) is 0 Å². The molecule has 0 aliphatic carbocycles. The van der Waals surface area contributed by atoms with Crippen molar-refractivity contribution in [2.24, 2.45) is 0 Å². The van der Waals surface area contributed by atoms with Crippen LogP contribution in [0.1, 0.15) is 35.8 Å². The van der Waals surface area contributed by atoms with E-state index in [9.17, 15) is 0 Å². The summed E-state index contributed by atoms with van der Waals surface area (Å²) in [5.41, 5.74) is 8.88. The predicted molar refractivity (Wildman–Crippen MR) is 94.7 cm³/mol. The highest BCUT2D eigenvalue weighted by molar-refractivity contribution is 5.56. The van der Waals surface area contributed by atoms with Gasteiger partial charge in [-0.05, 0) is 44.5 Å². The van der Waals surface area contributed by atoms with Gasteiger partial charge < -0.3 is 10.2 Å². The number of anilines is 1. The highest BCUT2D eigenvalue weighted by Crippen LogP contribution is 2.29. The van der Waals surface area contributed by atoms with Gasteiger partial charge in [-0.25, -0.2) is 9.97 Å². The number of aryl methyl sites for hydroxylation is 1. The Labute approximate surface area is 146 Å². The lowest BCUT2D eigenvalue weighted by atomic mass is 9.94. The molecule has 0 spiro atoms. The maximum Gasteiger partial charge on any atom is 0.220 e. The minimum Gasteiger partial charge on any atom is -0.460 e. The van der Waals surface area contributed by atoms with E-state index in [0.29, 0.717) is 11.9 Å². The number of piperidine rings is 1. The molecule has 0 radical (unpaired) electrons. The van der Waals surface area contributed by atoms with Gasteiger partial charge >= 0.3 is 0 Å². The van der Waals surface area contributed by atoms with Crippen molar-refractivity contribution in [3.8, 4) is 11.5 Å². The summed E-state index contributed by atoms with van der Waals surface area (Å²) in [5, 5.41) is 7.28. The van der Waals surface area contributed by atoms with Crippen molar-refractivity contribution in [2.45, 2.75) is 32.2 Å². The Morgan fingerprint density at radius 2 is 2.28 bits per heavy atom. The van der Waals surface area contributed by atoms with Crippen molar-refractivity contribution in [3.63, 3.8) is 0 Å². The number of nitrogens with zero attached hydrogens (tertiary/aromatic N) is 4. The number of nitrogens with one attached hydrogen (secondary N) is 1. The van der Waals surface area contributed by atoms with Gasteiger partial charge in [-0.15, -0.1) is 0 Å². The van der Waals surface area contributed by atoms with Gasteiger partial charge in [0.15, 0.2) is 5.76 Å². The number of rotatable bonds is 4. The fourth-order valence-electron chi connectivity index (χ4n) is 3.51. The van der Waals surface area contributed by atoms with Gasteiger partial charge in [0.25, 0.3) is 0 Å². The number of H-pyrrole nitrogens is 1. The Morgan fingerprint density at radius 3 is 3.08 bits per heavy atom. The first-order valence-corrected chi connectivity index (χ1v) is 8.59. The van der Waals surface area contributed by atoms with Crippen molar-refractivity contribution < 1.29 is 4.42 Å². The molecule has 0 amide bonds. The highest BCUT2D eigenvalue weighted by atomic mass is 16.3. The first kappa shape index (κ1) is 15.8. The van der Waals surface area contributed by atoms with E-state index in [4.69, 9.17) is 10.2 Å². The fourth-order valence-corrected chi connectivity index (χ4v) is 3.51. The average molecular weight is 338 g/mol. The molecule has 130 valence electrons. The second-order valence-electron chi connectivity index (χ2n) is 6.59. The van der Waals surface area contributed by atoms with Gasteiger partial charge in [0.05, 0.1) is 11.9 Å². The summed E-state index contributed by atoms with van der Waals surface area (Å²) in [4.78, 5) is 10.8. The molecule has 7 heteroatoms. The third-order valence-electron chi connectivity index (χ3n) is 4.72. The Hall–Kier alpha value is -2.67. The predicted octanol–water partition coefficient (Wildman–Crippen LogP) is 2.73. The van der Waals surface area contributed by atoms with Crippen molar-refractivity contribution in [1.29, 1.82) is 0 Å². The minimum atomic E-state index is 0.347. The SMILES string of the molecule is Cc1ccc(-c2[nH]ncc2CN2CCCC(c3ccnc(N)n3)C2)o1. The third-order valence-corrected chi connectivity index (χ3v) is 4.72. The molecule has 1 fully saturated rings. The lowest BCUT2D eigenvalue weighted by Gasteiger charge is -2.32. The van der Waals surface area contributed by atoms with Gasteiger partial charge in [0, 0.05) is 30.8 Å². The van der Waals surface area contributed by atoms with E-state index in [0.717, 1.165) is 60.9 Å². The normalized spacial score (nSPS) is 18.5. The summed E-state index contributed by atoms with van der Waals surface area (Å²) in [6, 6.07) is 5.92. The van der Waals surface area contributed by atoms with E-state index in [2.05, 4.69) is 25.1 Å². The van der Waals surface area contributed by atoms with E-state index >= 15 is 0 Å². The molecule has 25 heavy (non-hydrogen) atoms. The number of aromatic nitrogens is 4. The average Bonchev–Trinajstić information content (AvgIpc) is 3.24. The van der Waals surface area contributed by atoms with Crippen LogP contribution in [-0.2, 0) is 6.54 Å². The van der Waals surface area contributed by atoms with Crippen molar-refractivity contribution >= 4 is 5.95 Å². The molecule has 1 aliphatic heterocycles. The molecule has 1 aliphatic rings. The molecule has 3 N–H and O–H groups in total. The van der Waals surface area contributed by atoms with Crippen molar-refractivity contribution in [1.82, 2.24) is 25.1 Å². The van der Waals surface area contributed by atoms with E-state index in [1.54, 1.807) is 6.20 Å². The van der Waals surface area contributed by atoms with Gasteiger partial charge in [0.2, 0.25) is 5.95 Å². The van der Waals surface area contributed by atoms with Gasteiger partial charge in [0.1, 0.15) is 11.5 Å². The Kier molecular flexibility index (Phi) is 4.23. The number of likely N-dealkylation sites (tertiary alicyclic amines) is 1. The first-order chi connectivity index (χ1) is 12.2. The van der Waals surface area contributed by atoms with Crippen molar-refractivity contribution in [3.05, 3.63) is 47.6 Å². The molecular formula is C18H22N6O. The molecule has 1 unspecified atom stereocenters. The summed E-state index contributed by atoms with van der Waals surface area (Å²) in [6.45, 7) is 4.81. The zero-order valence-corrected chi connectivity index (χ0v) is 14.3. The highest BCUT2D eigenvalue weighted by Gasteiger charge is 2.24. The zero-order chi connectivity index (χ0) is 17.2. The van der Waals surface area contributed by atoms with Crippen LogP contribution in [0.4, 0.5) is 5.95 Å². The number of hydrogen-bond acceptors (Lipinski definition) is 6. The van der Waals surface area contributed by atoms with Crippen LogP contribution in [-0.4, -0.2) is 38.2 Å². The quantitative estimate of drug-likeness (QED) is 0.759. The van der Waals surface area contributed by atoms with Crippen LogP contribution in [0.15, 0.2) is 35.0 Å². The smallest absolute Gasteiger partial charge is 0.220 e. The summed E-state index contributed by atoms with van der Waals surface area (Å²) in [6.07, 6.45) is 5.90. The number of aromatic amines is 1.